The van der Waals surface area contributed by atoms with E-state index in [1.165, 1.54) is 0 Å². The van der Waals surface area contributed by atoms with Crippen LogP contribution < -0.4 is 5.32 Å². The van der Waals surface area contributed by atoms with Crippen LogP contribution >= 0.6 is 0 Å². The number of ether oxygens (including phenoxy) is 1. The molecule has 86 valence electrons. The highest BCUT2D eigenvalue weighted by molar-refractivity contribution is 4.92. The molecule has 0 amide bonds. The molecular formula is C11H21N3O. The van der Waals surface area contributed by atoms with Gasteiger partial charge in [-0.2, -0.15) is 5.26 Å². The number of rotatable bonds is 4. The molecule has 1 fully saturated rings. The van der Waals surface area contributed by atoms with Gasteiger partial charge in [-0.25, -0.2) is 0 Å². The van der Waals surface area contributed by atoms with Crippen LogP contribution in [0.1, 0.15) is 20.8 Å². The predicted molar refractivity (Wildman–Crippen MR) is 59.5 cm³/mol. The molecule has 0 aliphatic carbocycles. The maximum absolute atomic E-state index is 8.95. The van der Waals surface area contributed by atoms with Crippen LogP contribution in [-0.2, 0) is 4.74 Å². The Kier molecular flexibility index (Phi) is 5.03. The van der Waals surface area contributed by atoms with Crippen molar-refractivity contribution >= 4 is 0 Å². The molecule has 1 N–H and O–H groups in total. The van der Waals surface area contributed by atoms with Gasteiger partial charge in [-0.3, -0.25) is 4.90 Å². The van der Waals surface area contributed by atoms with Crippen LogP contribution in [0.15, 0.2) is 0 Å². The van der Waals surface area contributed by atoms with Gasteiger partial charge in [0.25, 0.3) is 0 Å². The van der Waals surface area contributed by atoms with E-state index < -0.39 is 0 Å². The molecule has 3 atom stereocenters. The zero-order valence-corrected chi connectivity index (χ0v) is 9.86. The van der Waals surface area contributed by atoms with Crippen LogP contribution in [0.25, 0.3) is 0 Å². The number of morpholine rings is 1. The number of nitriles is 1. The number of nitrogens with one attached hydrogen (secondary N) is 1. The van der Waals surface area contributed by atoms with E-state index in [4.69, 9.17) is 10.00 Å². The minimum Gasteiger partial charge on any atom is -0.373 e. The zero-order valence-electron chi connectivity index (χ0n) is 9.86. The predicted octanol–water partition coefficient (Wildman–Crippen LogP) is 0.597. The quantitative estimate of drug-likeness (QED) is 0.739. The molecule has 1 aliphatic rings. The summed E-state index contributed by atoms with van der Waals surface area (Å²) in [6, 6.07) is 2.22. The van der Waals surface area contributed by atoms with E-state index >= 15 is 0 Å². The molecule has 0 radical (unpaired) electrons. The van der Waals surface area contributed by atoms with Crippen LogP contribution in [0.2, 0.25) is 0 Å². The van der Waals surface area contributed by atoms with Gasteiger partial charge < -0.3 is 10.1 Å². The lowest BCUT2D eigenvalue weighted by atomic mass is 10.2. The summed E-state index contributed by atoms with van der Waals surface area (Å²) in [6.07, 6.45) is 0.546. The molecule has 0 saturated carbocycles. The Bertz CT molecular complexity index is 216. The Morgan fingerprint density at radius 3 is 2.53 bits per heavy atom. The van der Waals surface area contributed by atoms with E-state index in [1.807, 2.05) is 6.92 Å². The average Bonchev–Trinajstić information content (AvgIpc) is 2.15. The molecule has 1 heterocycles. The number of hydrogen-bond donors (Lipinski definition) is 1. The average molecular weight is 211 g/mol. The summed E-state index contributed by atoms with van der Waals surface area (Å²) in [4.78, 5) is 2.30. The Hall–Kier alpha value is -0.630. The van der Waals surface area contributed by atoms with Crippen molar-refractivity contribution in [3.05, 3.63) is 0 Å². The van der Waals surface area contributed by atoms with Crippen LogP contribution in [0.3, 0.4) is 0 Å². The fourth-order valence-corrected chi connectivity index (χ4v) is 2.09. The first-order valence-corrected chi connectivity index (χ1v) is 5.66. The number of hydrogen-bond acceptors (Lipinski definition) is 4. The van der Waals surface area contributed by atoms with Crippen molar-refractivity contribution in [2.45, 2.75) is 39.0 Å². The maximum Gasteiger partial charge on any atom is 0.108 e. The van der Waals surface area contributed by atoms with Crippen LogP contribution in [0.5, 0.6) is 0 Å². The highest BCUT2D eigenvalue weighted by Gasteiger charge is 2.23. The second kappa shape index (κ2) is 6.06. The summed E-state index contributed by atoms with van der Waals surface area (Å²) >= 11 is 0. The van der Waals surface area contributed by atoms with Crippen LogP contribution in [-0.4, -0.2) is 49.3 Å². The smallest absolute Gasteiger partial charge is 0.108 e. The third-order valence-electron chi connectivity index (χ3n) is 2.54. The van der Waals surface area contributed by atoms with Crippen molar-refractivity contribution in [1.82, 2.24) is 10.2 Å². The number of likely N-dealkylation sites (N-methyl/N-ethyl adjacent to an activating group) is 1. The largest absolute Gasteiger partial charge is 0.373 e. The zero-order chi connectivity index (χ0) is 11.3. The van der Waals surface area contributed by atoms with Crippen molar-refractivity contribution in [3.8, 4) is 6.07 Å². The SMILES string of the molecule is CCNC(C#N)CN1C[C@@H](C)O[C@@H](C)C1. The Morgan fingerprint density at radius 2 is 2.07 bits per heavy atom. The van der Waals surface area contributed by atoms with Gasteiger partial charge in [-0.1, -0.05) is 6.92 Å². The van der Waals surface area contributed by atoms with E-state index in [1.54, 1.807) is 0 Å². The van der Waals surface area contributed by atoms with Crippen molar-refractivity contribution in [1.29, 1.82) is 5.26 Å². The van der Waals surface area contributed by atoms with Gasteiger partial charge in [0.05, 0.1) is 18.3 Å². The lowest BCUT2D eigenvalue weighted by Gasteiger charge is -2.36. The summed E-state index contributed by atoms with van der Waals surface area (Å²) in [5.74, 6) is 0. The Labute approximate surface area is 92.2 Å². The first-order chi connectivity index (χ1) is 7.15. The first-order valence-electron chi connectivity index (χ1n) is 5.66. The van der Waals surface area contributed by atoms with E-state index in [2.05, 4.69) is 30.1 Å². The molecule has 0 aromatic heterocycles. The minimum absolute atomic E-state index is 0.0625. The molecule has 0 spiro atoms. The molecule has 1 unspecified atom stereocenters. The second-order valence-corrected chi connectivity index (χ2v) is 4.22. The van der Waals surface area contributed by atoms with E-state index in [0.717, 1.165) is 26.2 Å². The van der Waals surface area contributed by atoms with Gasteiger partial charge in [0.2, 0.25) is 0 Å². The normalized spacial score (nSPS) is 29.7. The second-order valence-electron chi connectivity index (χ2n) is 4.22. The number of nitrogens with zero attached hydrogens (tertiary/aromatic N) is 2. The van der Waals surface area contributed by atoms with Gasteiger partial charge in [-0.05, 0) is 20.4 Å². The van der Waals surface area contributed by atoms with Crippen molar-refractivity contribution in [2.24, 2.45) is 0 Å². The van der Waals surface area contributed by atoms with Gasteiger partial charge >= 0.3 is 0 Å². The van der Waals surface area contributed by atoms with Crippen molar-refractivity contribution in [2.75, 3.05) is 26.2 Å². The molecule has 1 aliphatic heterocycles. The molecule has 4 nitrogen and oxygen atoms in total. The molecule has 4 heteroatoms. The van der Waals surface area contributed by atoms with Crippen molar-refractivity contribution in [3.63, 3.8) is 0 Å². The minimum atomic E-state index is -0.0625. The summed E-state index contributed by atoms with van der Waals surface area (Å²) in [5.41, 5.74) is 0. The van der Waals surface area contributed by atoms with Gasteiger partial charge in [0, 0.05) is 19.6 Å². The third kappa shape index (κ3) is 4.17. The molecule has 0 bridgehead atoms. The summed E-state index contributed by atoms with van der Waals surface area (Å²) in [7, 11) is 0. The lowest BCUT2D eigenvalue weighted by molar-refractivity contribution is -0.0687. The van der Waals surface area contributed by atoms with Crippen molar-refractivity contribution < 1.29 is 4.74 Å². The molecular weight excluding hydrogens is 190 g/mol. The summed E-state index contributed by atoms with van der Waals surface area (Å²) in [5, 5.41) is 12.1. The topological polar surface area (TPSA) is 48.3 Å². The highest BCUT2D eigenvalue weighted by Crippen LogP contribution is 2.10. The van der Waals surface area contributed by atoms with Gasteiger partial charge in [0.15, 0.2) is 0 Å². The first kappa shape index (κ1) is 12.4. The Morgan fingerprint density at radius 1 is 1.47 bits per heavy atom. The molecule has 15 heavy (non-hydrogen) atoms. The maximum atomic E-state index is 8.95. The molecule has 0 aromatic carbocycles. The molecule has 1 rings (SSSR count). The van der Waals surface area contributed by atoms with E-state index in [9.17, 15) is 0 Å². The Balaban J connectivity index is 2.39. The lowest BCUT2D eigenvalue weighted by Crippen LogP contribution is -2.50. The third-order valence-corrected chi connectivity index (χ3v) is 2.54. The fourth-order valence-electron chi connectivity index (χ4n) is 2.09. The summed E-state index contributed by atoms with van der Waals surface area (Å²) in [6.45, 7) is 9.67. The van der Waals surface area contributed by atoms with E-state index in [-0.39, 0.29) is 18.2 Å². The summed E-state index contributed by atoms with van der Waals surface area (Å²) < 4.78 is 5.65. The van der Waals surface area contributed by atoms with Gasteiger partial charge in [0.1, 0.15) is 6.04 Å². The van der Waals surface area contributed by atoms with Crippen LogP contribution in [0.4, 0.5) is 0 Å². The molecule has 1 saturated heterocycles. The van der Waals surface area contributed by atoms with Gasteiger partial charge in [-0.15, -0.1) is 0 Å². The highest BCUT2D eigenvalue weighted by atomic mass is 16.5. The fraction of sp³-hybridized carbons (Fsp3) is 0.909. The standard InChI is InChI=1S/C11H21N3O/c1-4-13-11(5-12)8-14-6-9(2)15-10(3)7-14/h9-11,13H,4,6-8H2,1-3H3/t9-,10+,11?. The van der Waals surface area contributed by atoms with E-state index in [0.29, 0.717) is 0 Å². The molecule has 0 aromatic rings. The van der Waals surface area contributed by atoms with Crippen LogP contribution in [0, 0.1) is 11.3 Å². The monoisotopic (exact) mass is 211 g/mol.